The van der Waals surface area contributed by atoms with Gasteiger partial charge in [0.1, 0.15) is 6.10 Å². The van der Waals surface area contributed by atoms with Crippen molar-refractivity contribution < 1.29 is 24.1 Å². The van der Waals surface area contributed by atoms with E-state index in [9.17, 15) is 9.90 Å². The summed E-state index contributed by atoms with van der Waals surface area (Å²) in [6.45, 7) is 22.6. The average Bonchev–Trinajstić information content (AvgIpc) is 4.22. The molecule has 0 amide bonds. The van der Waals surface area contributed by atoms with Gasteiger partial charge in [-0.15, -0.1) is 0 Å². The molecule has 3 unspecified atom stereocenters. The maximum absolute atomic E-state index is 12.4. The molecule has 70 heavy (non-hydrogen) atoms. The van der Waals surface area contributed by atoms with Crippen LogP contribution in [0.15, 0.2) is 23.2 Å². The number of ether oxygens (including phenoxy) is 3. The van der Waals surface area contributed by atoms with Crippen LogP contribution in [0.25, 0.3) is 0 Å². The molecule has 1 saturated carbocycles. The molecular formula is C63H122N2O5. The fourth-order valence-electron chi connectivity index (χ4n) is 10.1. The van der Waals surface area contributed by atoms with Crippen LogP contribution in [0.5, 0.6) is 0 Å². The van der Waals surface area contributed by atoms with Crippen LogP contribution < -0.4 is 0 Å². The van der Waals surface area contributed by atoms with Gasteiger partial charge in [0, 0.05) is 25.8 Å². The van der Waals surface area contributed by atoms with Crippen molar-refractivity contribution in [2.24, 2.45) is 0 Å². The Morgan fingerprint density at radius 1 is 0.443 bits per heavy atom. The maximum Gasteiger partial charge on any atom is 0.306 e. The van der Waals surface area contributed by atoms with Gasteiger partial charge in [0.2, 0.25) is 0 Å². The zero-order chi connectivity index (χ0) is 51.0. The summed E-state index contributed by atoms with van der Waals surface area (Å²) in [5.41, 5.74) is 1.61. The van der Waals surface area contributed by atoms with Crippen molar-refractivity contribution >= 4 is 5.97 Å². The number of hydrogen-bond acceptors (Lipinski definition) is 7. The number of allylic oxidation sites excluding steroid dienone is 4. The van der Waals surface area contributed by atoms with E-state index in [0.29, 0.717) is 18.6 Å². The van der Waals surface area contributed by atoms with Gasteiger partial charge in [-0.3, -0.25) is 4.79 Å². The maximum atomic E-state index is 12.4. The zero-order valence-electron chi connectivity index (χ0n) is 48.2. The predicted octanol–water partition coefficient (Wildman–Crippen LogP) is 18.5. The molecule has 1 aliphatic carbocycles. The Bertz CT molecular complexity index is 1200. The molecule has 0 spiro atoms. The third-order valence-electron chi connectivity index (χ3n) is 15.0. The van der Waals surface area contributed by atoms with Gasteiger partial charge in [-0.1, -0.05) is 170 Å². The van der Waals surface area contributed by atoms with E-state index < -0.39 is 0 Å². The van der Waals surface area contributed by atoms with E-state index in [1.807, 2.05) is 0 Å². The van der Waals surface area contributed by atoms with Gasteiger partial charge in [-0.2, -0.15) is 0 Å². The molecule has 0 aromatic heterocycles. The highest BCUT2D eigenvalue weighted by atomic mass is 16.5. The smallest absolute Gasteiger partial charge is 0.306 e. The van der Waals surface area contributed by atoms with Gasteiger partial charge < -0.3 is 29.1 Å². The Morgan fingerprint density at radius 2 is 0.843 bits per heavy atom. The summed E-state index contributed by atoms with van der Waals surface area (Å²) < 4.78 is 19.0. The van der Waals surface area contributed by atoms with E-state index in [1.165, 1.54) is 224 Å². The molecule has 3 atom stereocenters. The molecule has 1 fully saturated rings. The predicted molar refractivity (Wildman–Crippen MR) is 304 cm³/mol. The molecule has 1 rings (SSSR count). The fraction of sp³-hybridized carbons (Fsp3) is 0.921. The minimum absolute atomic E-state index is 0.00214. The molecule has 0 radical (unpaired) electrons. The summed E-state index contributed by atoms with van der Waals surface area (Å²) in [5, 5.41) is 9.93. The zero-order valence-corrected chi connectivity index (χ0v) is 48.2. The number of hydrogen-bond donors (Lipinski definition) is 1. The third kappa shape index (κ3) is 39.9. The second-order valence-corrected chi connectivity index (χ2v) is 21.7. The lowest BCUT2D eigenvalue weighted by Gasteiger charge is -2.26. The van der Waals surface area contributed by atoms with E-state index in [0.717, 1.165) is 83.8 Å². The Labute approximate surface area is 437 Å². The Kier molecular flexibility index (Phi) is 47.1. The van der Waals surface area contributed by atoms with Gasteiger partial charge in [-0.25, -0.2) is 0 Å². The summed E-state index contributed by atoms with van der Waals surface area (Å²) in [4.78, 5) is 17.7. The van der Waals surface area contributed by atoms with Crippen LogP contribution in [0.2, 0.25) is 0 Å². The van der Waals surface area contributed by atoms with E-state index in [1.54, 1.807) is 5.57 Å². The van der Waals surface area contributed by atoms with E-state index >= 15 is 0 Å². The quantitative estimate of drug-likeness (QED) is 0.0370. The molecule has 7 nitrogen and oxygen atoms in total. The first-order valence-electron chi connectivity index (χ1n) is 31.4. The van der Waals surface area contributed by atoms with Gasteiger partial charge in [0.05, 0.1) is 30.3 Å². The largest absolute Gasteiger partial charge is 0.495 e. The molecule has 0 bridgehead atoms. The second-order valence-electron chi connectivity index (χ2n) is 21.7. The number of esters is 1. The number of nitrogens with zero attached hydrogens (tertiary/aromatic N) is 2. The minimum Gasteiger partial charge on any atom is -0.495 e. The molecule has 0 aromatic rings. The first kappa shape index (κ1) is 66.4. The van der Waals surface area contributed by atoms with Crippen molar-refractivity contribution in [1.29, 1.82) is 0 Å². The molecular weight excluding hydrogens is 865 g/mol. The number of aliphatic hydroxyl groups is 1. The Hall–Kier alpha value is -1.57. The van der Waals surface area contributed by atoms with E-state index in [2.05, 4.69) is 64.3 Å². The van der Waals surface area contributed by atoms with Crippen LogP contribution in [0.1, 0.15) is 312 Å². The van der Waals surface area contributed by atoms with Gasteiger partial charge in [-0.05, 0) is 166 Å². The monoisotopic (exact) mass is 987 g/mol. The minimum atomic E-state index is -0.00214. The number of carbonyl (C=O) groups excluding carboxylic acids is 1. The van der Waals surface area contributed by atoms with Crippen LogP contribution in [-0.2, 0) is 19.0 Å². The SMILES string of the molecule is CCC/C=C(/CCCCCCCCN(CCCCCCCCC(OC(CC)CCCCC)=C1CC1)CCCN(CCO)CCCCCCCCC(=O)OC(CC)CCCCC)OC(CC)CCCCC. The van der Waals surface area contributed by atoms with Crippen molar-refractivity contribution in [2.45, 2.75) is 330 Å². The highest BCUT2D eigenvalue weighted by Gasteiger charge is 2.21. The highest BCUT2D eigenvalue weighted by Crippen LogP contribution is 2.36. The van der Waals surface area contributed by atoms with Gasteiger partial charge in [0.25, 0.3) is 0 Å². The van der Waals surface area contributed by atoms with E-state index in [4.69, 9.17) is 14.2 Å². The van der Waals surface area contributed by atoms with Crippen molar-refractivity contribution in [1.82, 2.24) is 9.80 Å². The second kappa shape index (κ2) is 49.6. The average molecular weight is 988 g/mol. The van der Waals surface area contributed by atoms with Crippen molar-refractivity contribution in [3.8, 4) is 0 Å². The molecule has 0 aliphatic heterocycles. The molecule has 414 valence electrons. The molecule has 7 heteroatoms. The summed E-state index contributed by atoms with van der Waals surface area (Å²) >= 11 is 0. The van der Waals surface area contributed by atoms with Crippen LogP contribution in [0.3, 0.4) is 0 Å². The number of rotatable bonds is 55. The lowest BCUT2D eigenvalue weighted by molar-refractivity contribution is -0.149. The molecule has 0 heterocycles. The van der Waals surface area contributed by atoms with Crippen LogP contribution in [0, 0.1) is 0 Å². The number of carbonyl (C=O) groups is 1. The summed E-state index contributed by atoms with van der Waals surface area (Å²) in [5.74, 6) is 2.63. The lowest BCUT2D eigenvalue weighted by atomic mass is 10.1. The first-order chi connectivity index (χ1) is 34.4. The number of aliphatic hydroxyl groups excluding tert-OH is 1. The highest BCUT2D eigenvalue weighted by molar-refractivity contribution is 5.69. The Balaban J connectivity index is 2.52. The number of unbranched alkanes of at least 4 members (excludes halogenated alkanes) is 22. The topological polar surface area (TPSA) is 71.5 Å². The first-order valence-corrected chi connectivity index (χ1v) is 31.4. The van der Waals surface area contributed by atoms with Crippen molar-refractivity contribution in [3.63, 3.8) is 0 Å². The van der Waals surface area contributed by atoms with Crippen LogP contribution in [-0.4, -0.2) is 85.1 Å². The molecule has 0 saturated heterocycles. The normalized spacial score (nSPS) is 14.1. The molecule has 0 aromatic carbocycles. The third-order valence-corrected chi connectivity index (χ3v) is 15.0. The summed E-state index contributed by atoms with van der Waals surface area (Å²) in [6, 6.07) is 0. The van der Waals surface area contributed by atoms with Crippen LogP contribution in [0.4, 0.5) is 0 Å². The summed E-state index contributed by atoms with van der Waals surface area (Å²) in [6.07, 6.45) is 52.8. The Morgan fingerprint density at radius 3 is 1.29 bits per heavy atom. The fourth-order valence-corrected chi connectivity index (χ4v) is 10.1. The van der Waals surface area contributed by atoms with Crippen molar-refractivity contribution in [2.75, 3.05) is 45.9 Å². The summed E-state index contributed by atoms with van der Waals surface area (Å²) in [7, 11) is 0. The van der Waals surface area contributed by atoms with E-state index in [-0.39, 0.29) is 18.7 Å². The van der Waals surface area contributed by atoms with Crippen molar-refractivity contribution in [3.05, 3.63) is 23.2 Å². The molecule has 1 aliphatic rings. The lowest BCUT2D eigenvalue weighted by Crippen LogP contribution is -2.33. The van der Waals surface area contributed by atoms with Gasteiger partial charge >= 0.3 is 5.97 Å². The van der Waals surface area contributed by atoms with Gasteiger partial charge in [0.15, 0.2) is 0 Å². The standard InChI is InChI=1S/C63H122N2O5/c1-8-15-31-42-58(12-5)68-61(41-18-11-4)45-34-25-19-22-28-37-50-64(51-38-29-23-20-26-35-46-62(57-48-49-57)69-59(13-6)43-32-16-9-2)53-40-54-65(55-56-66)52-39-30-24-21-27-36-47-63(67)70-60(14-7)44-33-17-10-3/h41,58-60,66H,8-40,42-56H2,1-7H3/b61-41-. The van der Waals surface area contributed by atoms with Crippen LogP contribution >= 0.6 is 0 Å². The molecule has 1 N–H and O–H groups in total.